The predicted molar refractivity (Wildman–Crippen MR) is 118 cm³/mol. The Morgan fingerprint density at radius 1 is 1.31 bits per heavy atom. The zero-order valence-electron chi connectivity index (χ0n) is 18.3. The number of hydrogen-bond donors (Lipinski definition) is 1. The molecule has 170 valence electrons. The number of rotatable bonds is 7. The summed E-state index contributed by atoms with van der Waals surface area (Å²) in [6.45, 7) is 3.08. The summed E-state index contributed by atoms with van der Waals surface area (Å²) in [7, 11) is -0.298. The van der Waals surface area contributed by atoms with Crippen LogP contribution in [0.25, 0.3) is 0 Å². The van der Waals surface area contributed by atoms with E-state index in [1.54, 1.807) is 35.0 Å². The monoisotopic (exact) mass is 458 g/mol. The minimum atomic E-state index is -3.74. The fourth-order valence-electron chi connectivity index (χ4n) is 4.20. The molecule has 1 aliphatic carbocycles. The molecule has 1 aromatic heterocycles. The van der Waals surface area contributed by atoms with Crippen LogP contribution in [0.15, 0.2) is 40.5 Å². The molecule has 1 atom stereocenters. The number of ether oxygens (including phenoxy) is 1. The van der Waals surface area contributed by atoms with E-state index in [2.05, 4.69) is 14.8 Å². The van der Waals surface area contributed by atoms with E-state index in [4.69, 9.17) is 4.74 Å². The molecule has 32 heavy (non-hydrogen) atoms. The topological polar surface area (TPSA) is 109 Å². The number of sulfonamides is 1. The maximum atomic E-state index is 13.6. The van der Waals surface area contributed by atoms with Crippen molar-refractivity contribution in [1.29, 1.82) is 0 Å². The first-order valence-corrected chi connectivity index (χ1v) is 12.0. The minimum absolute atomic E-state index is 0.0794. The average molecular weight is 459 g/mol. The van der Waals surface area contributed by atoms with Crippen LogP contribution in [-0.4, -0.2) is 66.8 Å². The third kappa shape index (κ3) is 3.59. The number of nitrogens with zero attached hydrogens (tertiary/aromatic N) is 5. The number of hydrogen-bond acceptors (Lipinski definition) is 7. The van der Waals surface area contributed by atoms with E-state index in [0.717, 1.165) is 18.4 Å². The zero-order chi connectivity index (χ0) is 22.7. The van der Waals surface area contributed by atoms with Gasteiger partial charge in [-0.1, -0.05) is 0 Å². The molecule has 11 heteroatoms. The number of methoxy groups -OCH3 is 1. The first-order valence-electron chi connectivity index (χ1n) is 10.5. The van der Waals surface area contributed by atoms with Crippen molar-refractivity contribution in [3.63, 3.8) is 0 Å². The number of amides is 1. The molecular weight excluding hydrogens is 432 g/mol. The largest absolute Gasteiger partial charge is 0.382 e. The van der Waals surface area contributed by atoms with E-state index in [-0.39, 0.29) is 23.4 Å². The molecule has 0 radical (unpaired) electrons. The Hall–Kier alpha value is -2.76. The van der Waals surface area contributed by atoms with Gasteiger partial charge in [-0.2, -0.15) is 5.10 Å². The minimum Gasteiger partial charge on any atom is -0.382 e. The molecule has 0 saturated heterocycles. The lowest BCUT2D eigenvalue weighted by atomic mass is 10.1. The van der Waals surface area contributed by atoms with Crippen LogP contribution in [0.2, 0.25) is 0 Å². The van der Waals surface area contributed by atoms with E-state index in [1.807, 2.05) is 25.1 Å². The van der Waals surface area contributed by atoms with Crippen molar-refractivity contribution in [3.8, 4) is 0 Å². The fraction of sp³-hybridized carbons (Fsp3) is 0.476. The second-order valence-corrected chi connectivity index (χ2v) is 10.6. The molecule has 0 spiro atoms. The number of aliphatic imine (C=N–C) groups is 1. The molecule has 1 fully saturated rings. The number of benzene rings is 1. The number of carbonyl (C=O) groups excluding carboxylic acids is 1. The smallest absolute Gasteiger partial charge is 0.263 e. The SMILES string of the molecule is COC[C@H]1CN=C2N(Cc3cnn(C)c3)C(=O)c3cc(S(=O)(=O)NC4(C)CC4)ccc3N21. The summed E-state index contributed by atoms with van der Waals surface area (Å²) in [6, 6.07) is 4.64. The summed E-state index contributed by atoms with van der Waals surface area (Å²) < 4.78 is 35.7. The Kier molecular flexibility index (Phi) is 4.88. The van der Waals surface area contributed by atoms with Gasteiger partial charge < -0.3 is 9.64 Å². The van der Waals surface area contributed by atoms with Gasteiger partial charge in [0.25, 0.3) is 5.91 Å². The average Bonchev–Trinajstić information content (AvgIpc) is 3.11. The van der Waals surface area contributed by atoms with Gasteiger partial charge in [-0.05, 0) is 38.0 Å². The molecule has 2 aliphatic heterocycles. The number of aromatic nitrogens is 2. The van der Waals surface area contributed by atoms with E-state index in [1.165, 1.54) is 6.07 Å². The van der Waals surface area contributed by atoms with Crippen molar-refractivity contribution >= 4 is 27.6 Å². The lowest BCUT2D eigenvalue weighted by molar-refractivity contribution is 0.0831. The molecule has 1 aromatic carbocycles. The third-order valence-corrected chi connectivity index (χ3v) is 7.75. The Bertz CT molecular complexity index is 1220. The van der Waals surface area contributed by atoms with Crippen LogP contribution in [0.4, 0.5) is 5.69 Å². The number of carbonyl (C=O) groups is 1. The normalized spacial score (nSPS) is 21.4. The zero-order valence-corrected chi connectivity index (χ0v) is 19.1. The summed E-state index contributed by atoms with van der Waals surface area (Å²) in [6.07, 6.45) is 5.16. The van der Waals surface area contributed by atoms with Gasteiger partial charge in [0.15, 0.2) is 0 Å². The lowest BCUT2D eigenvalue weighted by Gasteiger charge is -2.38. The van der Waals surface area contributed by atoms with E-state index in [9.17, 15) is 13.2 Å². The highest BCUT2D eigenvalue weighted by Gasteiger charge is 2.44. The van der Waals surface area contributed by atoms with Crippen LogP contribution < -0.4 is 9.62 Å². The summed E-state index contributed by atoms with van der Waals surface area (Å²) in [4.78, 5) is 21.8. The molecule has 1 saturated carbocycles. The highest BCUT2D eigenvalue weighted by atomic mass is 32.2. The second kappa shape index (κ2) is 7.39. The predicted octanol–water partition coefficient (Wildman–Crippen LogP) is 1.10. The highest BCUT2D eigenvalue weighted by molar-refractivity contribution is 7.89. The molecule has 0 bridgehead atoms. The van der Waals surface area contributed by atoms with Crippen LogP contribution >= 0.6 is 0 Å². The number of fused-ring (bicyclic) bond motifs is 3. The molecule has 5 rings (SSSR count). The summed E-state index contributed by atoms with van der Waals surface area (Å²) in [5.41, 5.74) is 1.44. The lowest BCUT2D eigenvalue weighted by Crippen LogP contribution is -2.53. The first kappa shape index (κ1) is 21.1. The molecule has 1 amide bonds. The molecular formula is C21H26N6O4S. The number of nitrogens with one attached hydrogen (secondary N) is 1. The van der Waals surface area contributed by atoms with Gasteiger partial charge in [-0.15, -0.1) is 0 Å². The van der Waals surface area contributed by atoms with Gasteiger partial charge in [0.05, 0.1) is 48.1 Å². The van der Waals surface area contributed by atoms with Crippen LogP contribution in [0.1, 0.15) is 35.7 Å². The number of aryl methyl sites for hydroxylation is 1. The van der Waals surface area contributed by atoms with Crippen molar-refractivity contribution in [1.82, 2.24) is 19.4 Å². The maximum Gasteiger partial charge on any atom is 0.263 e. The summed E-state index contributed by atoms with van der Waals surface area (Å²) >= 11 is 0. The Morgan fingerprint density at radius 2 is 2.09 bits per heavy atom. The maximum absolute atomic E-state index is 13.6. The quantitative estimate of drug-likeness (QED) is 0.666. The van der Waals surface area contributed by atoms with Crippen molar-refractivity contribution in [2.24, 2.45) is 12.0 Å². The van der Waals surface area contributed by atoms with Crippen LogP contribution in [0.5, 0.6) is 0 Å². The van der Waals surface area contributed by atoms with Gasteiger partial charge in [0.1, 0.15) is 0 Å². The molecule has 10 nitrogen and oxygen atoms in total. The Labute approximate surface area is 186 Å². The van der Waals surface area contributed by atoms with E-state index >= 15 is 0 Å². The van der Waals surface area contributed by atoms with Gasteiger partial charge in [0.2, 0.25) is 16.0 Å². The Balaban J connectivity index is 1.56. The number of anilines is 1. The van der Waals surface area contributed by atoms with Crippen molar-refractivity contribution in [3.05, 3.63) is 41.7 Å². The summed E-state index contributed by atoms with van der Waals surface area (Å²) in [5.74, 6) is 0.263. The summed E-state index contributed by atoms with van der Waals surface area (Å²) in [5, 5.41) is 4.19. The second-order valence-electron chi connectivity index (χ2n) is 8.88. The van der Waals surface area contributed by atoms with Crippen LogP contribution in [-0.2, 0) is 28.4 Å². The number of guanidine groups is 1. The molecule has 0 unspecified atom stereocenters. The molecule has 3 heterocycles. The van der Waals surface area contributed by atoms with Gasteiger partial charge in [-0.25, -0.2) is 18.1 Å². The van der Waals surface area contributed by atoms with E-state index < -0.39 is 15.6 Å². The van der Waals surface area contributed by atoms with Gasteiger partial charge in [0, 0.05) is 31.5 Å². The molecule has 2 aromatic rings. The Morgan fingerprint density at radius 3 is 2.75 bits per heavy atom. The van der Waals surface area contributed by atoms with Crippen molar-refractivity contribution < 1.29 is 17.9 Å². The highest BCUT2D eigenvalue weighted by Crippen LogP contribution is 2.38. The fourth-order valence-corrected chi connectivity index (χ4v) is 5.69. The van der Waals surface area contributed by atoms with Gasteiger partial charge >= 0.3 is 0 Å². The molecule has 3 aliphatic rings. The third-order valence-electron chi connectivity index (χ3n) is 6.12. The standard InChI is InChI=1S/C21H26N6O4S/c1-21(6-7-21)24-32(29,30)16-4-5-18-17(8-16)19(28)26(12-14-9-23-25(2)11-14)20-22-10-15(13-31-3)27(18)20/h4-5,8-9,11,15,24H,6-7,10,12-13H2,1-3H3/t15-/m1/s1. The molecule has 1 N–H and O–H groups in total. The van der Waals surface area contributed by atoms with Crippen LogP contribution in [0.3, 0.4) is 0 Å². The first-order chi connectivity index (χ1) is 15.2. The van der Waals surface area contributed by atoms with Crippen molar-refractivity contribution in [2.75, 3.05) is 25.2 Å². The van der Waals surface area contributed by atoms with Crippen molar-refractivity contribution in [2.45, 2.75) is 42.8 Å². The van der Waals surface area contributed by atoms with Crippen LogP contribution in [0, 0.1) is 0 Å². The van der Waals surface area contributed by atoms with Gasteiger partial charge in [-0.3, -0.25) is 14.4 Å². The van der Waals surface area contributed by atoms with E-state index in [0.29, 0.717) is 30.4 Å².